The number of hydrogen-bond acceptors (Lipinski definition) is 2. The van der Waals surface area contributed by atoms with Crippen LogP contribution in [-0.2, 0) is 4.79 Å². The number of aromatic nitrogens is 2. The molecule has 0 spiro atoms. The highest BCUT2D eigenvalue weighted by Crippen LogP contribution is 2.26. The number of nitrogens with zero attached hydrogens (tertiary/aromatic N) is 2. The van der Waals surface area contributed by atoms with E-state index >= 15 is 0 Å². The summed E-state index contributed by atoms with van der Waals surface area (Å²) in [4.78, 5) is 10.9. The fraction of sp³-hybridized carbons (Fsp3) is 0.100. The van der Waals surface area contributed by atoms with Gasteiger partial charge in [0.1, 0.15) is 0 Å². The lowest BCUT2D eigenvalue weighted by Gasteiger charge is -2.04. The van der Waals surface area contributed by atoms with Gasteiger partial charge in [0, 0.05) is 23.4 Å². The molecule has 0 aliphatic rings. The van der Waals surface area contributed by atoms with Crippen molar-refractivity contribution in [3.63, 3.8) is 0 Å². The van der Waals surface area contributed by atoms with Crippen LogP contribution in [0, 0.1) is 13.8 Å². The summed E-state index contributed by atoms with van der Waals surface area (Å²) in [5.41, 5.74) is 5.82. The largest absolute Gasteiger partial charge is 0.478 e. The predicted octanol–water partition coefficient (Wildman–Crippen LogP) is 4.25. The second kappa shape index (κ2) is 6.54. The molecule has 0 unspecified atom stereocenters. The van der Waals surface area contributed by atoms with Crippen molar-refractivity contribution in [2.75, 3.05) is 0 Å². The van der Waals surface area contributed by atoms with Crippen LogP contribution in [0.1, 0.15) is 16.7 Å². The van der Waals surface area contributed by atoms with Crippen LogP contribution in [0.4, 0.5) is 0 Å². The number of para-hydroxylation sites is 1. The van der Waals surface area contributed by atoms with Crippen LogP contribution < -0.4 is 0 Å². The van der Waals surface area contributed by atoms with Gasteiger partial charge in [-0.1, -0.05) is 30.3 Å². The van der Waals surface area contributed by atoms with Crippen molar-refractivity contribution in [3.05, 3.63) is 77.5 Å². The average molecular weight is 318 g/mol. The number of carbonyl (C=O) groups is 1. The molecule has 1 aromatic heterocycles. The number of carboxylic acid groups (broad SMARTS) is 1. The highest BCUT2D eigenvalue weighted by molar-refractivity contribution is 5.87. The second-order valence-corrected chi connectivity index (χ2v) is 5.68. The molecule has 120 valence electrons. The fourth-order valence-corrected chi connectivity index (χ4v) is 2.50. The minimum absolute atomic E-state index is 0.763. The summed E-state index contributed by atoms with van der Waals surface area (Å²) in [5.74, 6) is -0.978. The number of carboxylic acids is 1. The first-order chi connectivity index (χ1) is 11.5. The summed E-state index contributed by atoms with van der Waals surface area (Å²) in [7, 11) is 0. The third kappa shape index (κ3) is 3.27. The van der Waals surface area contributed by atoms with Crippen molar-refractivity contribution in [1.29, 1.82) is 0 Å². The van der Waals surface area contributed by atoms with Crippen molar-refractivity contribution in [2.24, 2.45) is 0 Å². The predicted molar refractivity (Wildman–Crippen MR) is 95.1 cm³/mol. The molecular weight excluding hydrogens is 300 g/mol. The van der Waals surface area contributed by atoms with Crippen molar-refractivity contribution < 1.29 is 9.90 Å². The minimum Gasteiger partial charge on any atom is -0.478 e. The van der Waals surface area contributed by atoms with Gasteiger partial charge in [0.15, 0.2) is 0 Å². The fourth-order valence-electron chi connectivity index (χ4n) is 2.50. The Labute approximate surface area is 140 Å². The Morgan fingerprint density at radius 3 is 2.50 bits per heavy atom. The van der Waals surface area contributed by atoms with Gasteiger partial charge in [-0.25, -0.2) is 9.48 Å². The normalized spacial score (nSPS) is 11.1. The van der Waals surface area contributed by atoms with Crippen LogP contribution in [0.3, 0.4) is 0 Å². The summed E-state index contributed by atoms with van der Waals surface area (Å²) in [5, 5.41) is 13.6. The maximum Gasteiger partial charge on any atom is 0.328 e. The molecule has 4 nitrogen and oxygen atoms in total. The van der Waals surface area contributed by atoms with E-state index in [1.165, 1.54) is 11.1 Å². The van der Waals surface area contributed by atoms with Gasteiger partial charge in [0.2, 0.25) is 0 Å². The van der Waals surface area contributed by atoms with E-state index in [-0.39, 0.29) is 0 Å². The molecule has 0 bridgehead atoms. The molecule has 0 amide bonds. The van der Waals surface area contributed by atoms with Gasteiger partial charge in [0.25, 0.3) is 0 Å². The molecule has 0 atom stereocenters. The van der Waals surface area contributed by atoms with Crippen molar-refractivity contribution in [1.82, 2.24) is 9.78 Å². The van der Waals surface area contributed by atoms with Gasteiger partial charge in [0.05, 0.1) is 11.4 Å². The van der Waals surface area contributed by atoms with Gasteiger partial charge >= 0.3 is 5.97 Å². The van der Waals surface area contributed by atoms with E-state index in [9.17, 15) is 4.79 Å². The molecule has 0 radical (unpaired) electrons. The molecular formula is C20H18N2O2. The molecule has 0 aliphatic carbocycles. The van der Waals surface area contributed by atoms with Crippen molar-refractivity contribution in [3.8, 4) is 16.9 Å². The Morgan fingerprint density at radius 1 is 1.08 bits per heavy atom. The number of benzene rings is 2. The molecule has 0 saturated heterocycles. The molecule has 1 heterocycles. The Bertz CT molecular complexity index is 909. The Balaban J connectivity index is 2.13. The first-order valence-corrected chi connectivity index (χ1v) is 7.68. The molecule has 3 rings (SSSR count). The van der Waals surface area contributed by atoms with Crippen LogP contribution >= 0.6 is 0 Å². The number of hydrogen-bond donors (Lipinski definition) is 1. The Hall–Kier alpha value is -3.14. The van der Waals surface area contributed by atoms with Crippen LogP contribution in [0.25, 0.3) is 23.0 Å². The van der Waals surface area contributed by atoms with E-state index in [0.29, 0.717) is 0 Å². The van der Waals surface area contributed by atoms with Crippen LogP contribution in [-0.4, -0.2) is 20.9 Å². The lowest BCUT2D eigenvalue weighted by Crippen LogP contribution is -1.94. The van der Waals surface area contributed by atoms with Gasteiger partial charge in [-0.05, 0) is 49.2 Å². The summed E-state index contributed by atoms with van der Waals surface area (Å²) < 4.78 is 1.77. The van der Waals surface area contributed by atoms with E-state index in [2.05, 4.69) is 31.1 Å². The zero-order chi connectivity index (χ0) is 17.1. The van der Waals surface area contributed by atoms with E-state index in [1.54, 1.807) is 10.8 Å². The number of rotatable bonds is 4. The van der Waals surface area contributed by atoms with Gasteiger partial charge in [-0.15, -0.1) is 0 Å². The van der Waals surface area contributed by atoms with E-state index < -0.39 is 5.97 Å². The minimum atomic E-state index is -0.978. The molecule has 24 heavy (non-hydrogen) atoms. The Morgan fingerprint density at radius 2 is 1.83 bits per heavy atom. The molecule has 4 heteroatoms. The monoisotopic (exact) mass is 318 g/mol. The highest BCUT2D eigenvalue weighted by Gasteiger charge is 2.11. The third-order valence-corrected chi connectivity index (χ3v) is 3.95. The third-order valence-electron chi connectivity index (χ3n) is 3.95. The molecule has 0 aliphatic heterocycles. The summed E-state index contributed by atoms with van der Waals surface area (Å²) in [6, 6.07) is 15.9. The van der Waals surface area contributed by atoms with Gasteiger partial charge in [-0.3, -0.25) is 0 Å². The van der Waals surface area contributed by atoms with Crippen molar-refractivity contribution >= 4 is 12.0 Å². The zero-order valence-electron chi connectivity index (χ0n) is 13.6. The van der Waals surface area contributed by atoms with Gasteiger partial charge in [-0.2, -0.15) is 5.10 Å². The van der Waals surface area contributed by atoms with Crippen LogP contribution in [0.2, 0.25) is 0 Å². The highest BCUT2D eigenvalue weighted by atomic mass is 16.4. The van der Waals surface area contributed by atoms with Gasteiger partial charge < -0.3 is 5.11 Å². The Kier molecular flexibility index (Phi) is 4.29. The van der Waals surface area contributed by atoms with Crippen molar-refractivity contribution in [2.45, 2.75) is 13.8 Å². The van der Waals surface area contributed by atoms with E-state index in [4.69, 9.17) is 5.11 Å². The lowest BCUT2D eigenvalue weighted by molar-refractivity contribution is -0.131. The summed E-state index contributed by atoms with van der Waals surface area (Å²) in [6.07, 6.45) is 4.56. The average Bonchev–Trinajstić information content (AvgIpc) is 3.00. The molecule has 2 aromatic carbocycles. The maximum absolute atomic E-state index is 10.9. The molecule has 3 aromatic rings. The lowest BCUT2D eigenvalue weighted by atomic mass is 10.0. The smallest absolute Gasteiger partial charge is 0.328 e. The standard InChI is InChI=1S/C20H18N2O2/c1-14-8-9-16(12-15(14)2)20-17(10-11-19(23)24)13-22(21-20)18-6-4-3-5-7-18/h3-13H,1-2H3,(H,23,24)/b11-10+. The topological polar surface area (TPSA) is 55.1 Å². The quantitative estimate of drug-likeness (QED) is 0.732. The summed E-state index contributed by atoms with van der Waals surface area (Å²) in [6.45, 7) is 4.12. The van der Waals surface area contributed by atoms with Crippen LogP contribution in [0.5, 0.6) is 0 Å². The summed E-state index contributed by atoms with van der Waals surface area (Å²) >= 11 is 0. The SMILES string of the molecule is Cc1ccc(-c2nn(-c3ccccc3)cc2/C=C/C(=O)O)cc1C. The zero-order valence-corrected chi connectivity index (χ0v) is 13.6. The first kappa shape index (κ1) is 15.7. The van der Waals surface area contributed by atoms with E-state index in [0.717, 1.165) is 28.6 Å². The maximum atomic E-state index is 10.9. The first-order valence-electron chi connectivity index (χ1n) is 7.68. The van der Waals surface area contributed by atoms with E-state index in [1.807, 2.05) is 42.6 Å². The molecule has 1 N–H and O–H groups in total. The van der Waals surface area contributed by atoms with Crippen LogP contribution in [0.15, 0.2) is 60.8 Å². The number of aliphatic carboxylic acids is 1. The molecule has 0 fully saturated rings. The second-order valence-electron chi connectivity index (χ2n) is 5.68. The molecule has 0 saturated carbocycles. The number of aryl methyl sites for hydroxylation is 2.